The van der Waals surface area contributed by atoms with E-state index in [-0.39, 0.29) is 0 Å². The summed E-state index contributed by atoms with van der Waals surface area (Å²) >= 11 is 0. The van der Waals surface area contributed by atoms with Crippen molar-refractivity contribution in [1.82, 2.24) is 0 Å². The first-order valence-corrected chi connectivity index (χ1v) is 5.69. The summed E-state index contributed by atoms with van der Waals surface area (Å²) in [5.74, 6) is 1.07. The summed E-state index contributed by atoms with van der Waals surface area (Å²) in [5.41, 5.74) is -1.23. The maximum atomic E-state index is 10.7. The van der Waals surface area contributed by atoms with Gasteiger partial charge < -0.3 is 5.11 Å². The molecule has 0 aromatic carbocycles. The zero-order valence-electron chi connectivity index (χ0n) is 9.08. The molecule has 0 aliphatic heterocycles. The predicted molar refractivity (Wildman–Crippen MR) is 54.4 cm³/mol. The molecule has 0 heterocycles. The maximum absolute atomic E-state index is 10.7. The van der Waals surface area contributed by atoms with Crippen molar-refractivity contribution >= 4 is 0 Å². The van der Waals surface area contributed by atoms with Crippen LogP contribution >= 0.6 is 0 Å². The van der Waals surface area contributed by atoms with E-state index in [1.807, 2.05) is 13.8 Å². The number of rotatable bonds is 2. The topological polar surface area (TPSA) is 44.0 Å². The van der Waals surface area contributed by atoms with E-state index in [2.05, 4.69) is 6.07 Å². The van der Waals surface area contributed by atoms with Gasteiger partial charge in [0.15, 0.2) is 0 Å². The van der Waals surface area contributed by atoms with E-state index in [4.69, 9.17) is 0 Å². The van der Waals surface area contributed by atoms with E-state index in [0.29, 0.717) is 11.8 Å². The fourth-order valence-electron chi connectivity index (χ4n) is 3.46. The molecule has 2 fully saturated rings. The molecule has 0 aromatic rings. The first-order valence-electron chi connectivity index (χ1n) is 5.69. The number of hydrogen-bond donors (Lipinski definition) is 1. The van der Waals surface area contributed by atoms with E-state index in [0.717, 1.165) is 25.7 Å². The molecule has 2 nitrogen and oxygen atoms in total. The standard InChI is InChI=1S/C12H19NO/c1-3-11(2,8-13)12(14)7-9-4-5-10(12)6-9/h9-10,14H,3-7H2,1-2H3. The lowest BCUT2D eigenvalue weighted by molar-refractivity contribution is -0.0914. The van der Waals surface area contributed by atoms with Crippen molar-refractivity contribution in [2.24, 2.45) is 17.3 Å². The maximum Gasteiger partial charge on any atom is 0.0861 e. The van der Waals surface area contributed by atoms with Crippen LogP contribution in [0.2, 0.25) is 0 Å². The van der Waals surface area contributed by atoms with Gasteiger partial charge in [0.2, 0.25) is 0 Å². The highest BCUT2D eigenvalue weighted by molar-refractivity contribution is 5.16. The zero-order valence-corrected chi connectivity index (χ0v) is 9.08. The molecular formula is C12H19NO. The lowest BCUT2D eigenvalue weighted by Gasteiger charge is -2.43. The van der Waals surface area contributed by atoms with Crippen LogP contribution in [0.4, 0.5) is 0 Å². The van der Waals surface area contributed by atoms with Crippen molar-refractivity contribution in [2.75, 3.05) is 0 Å². The van der Waals surface area contributed by atoms with E-state index < -0.39 is 11.0 Å². The Morgan fingerprint density at radius 2 is 2.29 bits per heavy atom. The number of nitriles is 1. The highest BCUT2D eigenvalue weighted by Gasteiger charge is 2.58. The van der Waals surface area contributed by atoms with Crippen molar-refractivity contribution in [3.05, 3.63) is 0 Å². The molecule has 4 unspecified atom stereocenters. The van der Waals surface area contributed by atoms with Crippen molar-refractivity contribution in [2.45, 2.75) is 51.6 Å². The number of fused-ring (bicyclic) bond motifs is 2. The van der Waals surface area contributed by atoms with Crippen LogP contribution in [0.1, 0.15) is 46.0 Å². The summed E-state index contributed by atoms with van der Waals surface area (Å²) in [6.45, 7) is 3.93. The Bertz CT molecular complexity index is 283. The van der Waals surface area contributed by atoms with E-state index in [9.17, 15) is 10.4 Å². The summed E-state index contributed by atoms with van der Waals surface area (Å²) in [6.07, 6.45) is 5.14. The second kappa shape index (κ2) is 2.97. The van der Waals surface area contributed by atoms with Crippen LogP contribution in [0.25, 0.3) is 0 Å². The third-order valence-electron chi connectivity index (χ3n) is 4.73. The molecule has 0 radical (unpaired) electrons. The van der Waals surface area contributed by atoms with Gasteiger partial charge >= 0.3 is 0 Å². The molecule has 2 heteroatoms. The van der Waals surface area contributed by atoms with Gasteiger partial charge in [-0.15, -0.1) is 0 Å². The summed E-state index contributed by atoms with van der Waals surface area (Å²) in [7, 11) is 0. The van der Waals surface area contributed by atoms with Crippen LogP contribution in [0.3, 0.4) is 0 Å². The number of hydrogen-bond acceptors (Lipinski definition) is 2. The molecule has 2 aliphatic rings. The molecule has 0 amide bonds. The summed E-state index contributed by atoms with van der Waals surface area (Å²) in [5, 5.41) is 19.9. The van der Waals surface area contributed by atoms with E-state index >= 15 is 0 Å². The summed E-state index contributed by atoms with van der Waals surface area (Å²) < 4.78 is 0. The smallest absolute Gasteiger partial charge is 0.0861 e. The molecule has 0 spiro atoms. The average molecular weight is 193 g/mol. The Morgan fingerprint density at radius 1 is 1.57 bits per heavy atom. The molecule has 2 aliphatic carbocycles. The van der Waals surface area contributed by atoms with Crippen LogP contribution in [0.5, 0.6) is 0 Å². The average Bonchev–Trinajstić information content (AvgIpc) is 2.76. The van der Waals surface area contributed by atoms with Gasteiger partial charge in [0.1, 0.15) is 0 Å². The van der Waals surface area contributed by atoms with Gasteiger partial charge in [0.25, 0.3) is 0 Å². The Labute approximate surface area is 85.9 Å². The minimum atomic E-state index is -0.695. The molecule has 4 atom stereocenters. The van der Waals surface area contributed by atoms with Gasteiger partial charge in [-0.1, -0.05) is 6.92 Å². The Hall–Kier alpha value is -0.550. The van der Waals surface area contributed by atoms with Crippen LogP contribution < -0.4 is 0 Å². The fraction of sp³-hybridized carbons (Fsp3) is 0.917. The van der Waals surface area contributed by atoms with Crippen LogP contribution in [0, 0.1) is 28.6 Å². The quantitative estimate of drug-likeness (QED) is 0.732. The van der Waals surface area contributed by atoms with Crippen LogP contribution in [0.15, 0.2) is 0 Å². The van der Waals surface area contributed by atoms with Gasteiger partial charge in [-0.05, 0) is 50.9 Å². The molecule has 2 bridgehead atoms. The highest BCUT2D eigenvalue weighted by atomic mass is 16.3. The molecule has 0 saturated heterocycles. The second-order valence-electron chi connectivity index (χ2n) is 5.30. The minimum Gasteiger partial charge on any atom is -0.388 e. The van der Waals surface area contributed by atoms with Crippen molar-refractivity contribution in [3.63, 3.8) is 0 Å². The molecular weight excluding hydrogens is 174 g/mol. The summed E-state index contributed by atoms with van der Waals surface area (Å²) in [4.78, 5) is 0. The van der Waals surface area contributed by atoms with Gasteiger partial charge in [0, 0.05) is 0 Å². The van der Waals surface area contributed by atoms with E-state index in [1.165, 1.54) is 6.42 Å². The van der Waals surface area contributed by atoms with Crippen molar-refractivity contribution < 1.29 is 5.11 Å². The molecule has 2 saturated carbocycles. The summed E-state index contributed by atoms with van der Waals surface area (Å²) in [6, 6.07) is 2.35. The van der Waals surface area contributed by atoms with Crippen LogP contribution in [-0.2, 0) is 0 Å². The van der Waals surface area contributed by atoms with Crippen LogP contribution in [-0.4, -0.2) is 10.7 Å². The zero-order chi connectivity index (χ0) is 10.4. The second-order valence-corrected chi connectivity index (χ2v) is 5.30. The SMILES string of the molecule is CCC(C)(C#N)C1(O)CC2CCC1C2. The molecule has 0 aromatic heterocycles. The van der Waals surface area contributed by atoms with Gasteiger partial charge in [0.05, 0.1) is 17.1 Å². The first-order chi connectivity index (χ1) is 6.55. The first kappa shape index (κ1) is 9.98. The van der Waals surface area contributed by atoms with Gasteiger partial charge in [-0.2, -0.15) is 5.26 Å². The fourth-order valence-corrected chi connectivity index (χ4v) is 3.46. The highest BCUT2D eigenvalue weighted by Crippen LogP contribution is 2.58. The number of aliphatic hydroxyl groups is 1. The Kier molecular flexibility index (Phi) is 2.12. The molecule has 1 N–H and O–H groups in total. The normalized spacial score (nSPS) is 44.7. The van der Waals surface area contributed by atoms with Gasteiger partial charge in [-0.25, -0.2) is 0 Å². The third-order valence-corrected chi connectivity index (χ3v) is 4.73. The van der Waals surface area contributed by atoms with Crippen molar-refractivity contribution in [1.29, 1.82) is 5.26 Å². The molecule has 14 heavy (non-hydrogen) atoms. The monoisotopic (exact) mass is 193 g/mol. The lowest BCUT2D eigenvalue weighted by Crippen LogP contribution is -2.49. The Morgan fingerprint density at radius 3 is 2.64 bits per heavy atom. The number of nitrogens with zero attached hydrogens (tertiary/aromatic N) is 1. The van der Waals surface area contributed by atoms with E-state index in [1.54, 1.807) is 0 Å². The van der Waals surface area contributed by atoms with Crippen molar-refractivity contribution in [3.8, 4) is 6.07 Å². The molecule has 2 rings (SSSR count). The Balaban J connectivity index is 2.29. The predicted octanol–water partition coefficient (Wildman–Crippen LogP) is 2.48. The largest absolute Gasteiger partial charge is 0.388 e. The third kappa shape index (κ3) is 1.05. The molecule has 78 valence electrons. The lowest BCUT2D eigenvalue weighted by atomic mass is 9.65. The van der Waals surface area contributed by atoms with Gasteiger partial charge in [-0.3, -0.25) is 0 Å². The minimum absolute atomic E-state index is 0.386.